The van der Waals surface area contributed by atoms with Gasteiger partial charge in [0.25, 0.3) is 5.56 Å². The molecule has 8 heteroatoms. The monoisotopic (exact) mass is 459 g/mol. The summed E-state index contributed by atoms with van der Waals surface area (Å²) in [6, 6.07) is 12.6. The van der Waals surface area contributed by atoms with Crippen LogP contribution in [0.25, 0.3) is 10.9 Å². The van der Waals surface area contributed by atoms with Crippen molar-refractivity contribution in [2.24, 2.45) is 0 Å². The van der Waals surface area contributed by atoms with Crippen molar-refractivity contribution in [3.8, 4) is 0 Å². The van der Waals surface area contributed by atoms with Crippen LogP contribution >= 0.6 is 35.1 Å². The highest BCUT2D eigenvalue weighted by Gasteiger charge is 2.16. The summed E-state index contributed by atoms with van der Waals surface area (Å²) in [5, 5.41) is 4.47. The van der Waals surface area contributed by atoms with Crippen molar-refractivity contribution in [1.82, 2.24) is 9.55 Å². The molecule has 1 heterocycles. The summed E-state index contributed by atoms with van der Waals surface area (Å²) < 4.78 is 1.61. The van der Waals surface area contributed by atoms with Gasteiger partial charge >= 0.3 is 0 Å². The molecule has 5 nitrogen and oxygen atoms in total. The van der Waals surface area contributed by atoms with E-state index in [2.05, 4.69) is 16.9 Å². The van der Waals surface area contributed by atoms with E-state index in [1.807, 2.05) is 44.2 Å². The number of fused-ring (bicyclic) bond motifs is 1. The highest BCUT2D eigenvalue weighted by Crippen LogP contribution is 2.28. The molecule has 0 saturated heterocycles. The fourth-order valence-electron chi connectivity index (χ4n) is 2.87. The zero-order valence-corrected chi connectivity index (χ0v) is 19.1. The van der Waals surface area contributed by atoms with Crippen molar-refractivity contribution in [2.75, 3.05) is 16.8 Å². The minimum absolute atomic E-state index is 0.0910. The molecule has 1 amide bonds. The predicted octanol–water partition coefficient (Wildman–Crippen LogP) is 5.64. The maximum atomic E-state index is 12.9. The standard InChI is InChI=1S/C22H22ClN3O2S2/c1-4-11-29-19-8-6-5-7-17(19)24-20(27)13-30-22-25-18-12-15(23)9-10-16(18)21(28)26(22)14(2)3/h4-10,12,14H,1,11,13H2,2-3H3,(H,24,27). The Morgan fingerprint density at radius 3 is 2.77 bits per heavy atom. The lowest BCUT2D eigenvalue weighted by atomic mass is 10.2. The fraction of sp³-hybridized carbons (Fsp3) is 0.227. The molecule has 156 valence electrons. The van der Waals surface area contributed by atoms with Crippen LogP contribution in [0.5, 0.6) is 0 Å². The second-order valence-electron chi connectivity index (χ2n) is 6.76. The average Bonchev–Trinajstić information content (AvgIpc) is 2.71. The van der Waals surface area contributed by atoms with Crippen molar-refractivity contribution in [2.45, 2.75) is 29.9 Å². The number of aromatic nitrogens is 2. The number of para-hydroxylation sites is 1. The molecular formula is C22H22ClN3O2S2. The number of carbonyl (C=O) groups is 1. The van der Waals surface area contributed by atoms with Crippen LogP contribution in [-0.2, 0) is 4.79 Å². The largest absolute Gasteiger partial charge is 0.324 e. The van der Waals surface area contributed by atoms with Gasteiger partial charge < -0.3 is 5.32 Å². The van der Waals surface area contributed by atoms with Crippen molar-refractivity contribution in [3.05, 3.63) is 70.5 Å². The summed E-state index contributed by atoms with van der Waals surface area (Å²) in [5.41, 5.74) is 1.15. The Hall–Kier alpha value is -2.22. The predicted molar refractivity (Wildman–Crippen MR) is 128 cm³/mol. The van der Waals surface area contributed by atoms with Gasteiger partial charge in [-0.25, -0.2) is 4.98 Å². The van der Waals surface area contributed by atoms with Crippen LogP contribution in [0, 0.1) is 0 Å². The third-order valence-electron chi connectivity index (χ3n) is 4.20. The molecule has 0 aliphatic heterocycles. The minimum Gasteiger partial charge on any atom is -0.324 e. The highest BCUT2D eigenvalue weighted by molar-refractivity contribution is 8.00. The van der Waals surface area contributed by atoms with Gasteiger partial charge in [0.1, 0.15) is 0 Å². The van der Waals surface area contributed by atoms with Gasteiger partial charge in [-0.2, -0.15) is 0 Å². The third kappa shape index (κ3) is 5.28. The molecule has 0 bridgehead atoms. The number of thioether (sulfide) groups is 2. The van der Waals surface area contributed by atoms with E-state index in [-0.39, 0.29) is 23.3 Å². The second kappa shape index (κ2) is 10.2. The lowest BCUT2D eigenvalue weighted by Gasteiger charge is -2.16. The molecule has 3 aromatic rings. The number of anilines is 1. The van der Waals surface area contributed by atoms with Crippen LogP contribution < -0.4 is 10.9 Å². The summed E-state index contributed by atoms with van der Waals surface area (Å²) in [4.78, 5) is 31.1. The lowest BCUT2D eigenvalue weighted by molar-refractivity contribution is -0.113. The topological polar surface area (TPSA) is 64.0 Å². The van der Waals surface area contributed by atoms with E-state index in [9.17, 15) is 9.59 Å². The van der Waals surface area contributed by atoms with Crippen LogP contribution in [0.15, 0.2) is 70.0 Å². The third-order valence-corrected chi connectivity index (χ3v) is 6.45. The summed E-state index contributed by atoms with van der Waals surface area (Å²) in [6.45, 7) is 7.57. The molecule has 0 aliphatic carbocycles. The molecule has 1 aromatic heterocycles. The molecular weight excluding hydrogens is 438 g/mol. The molecule has 0 atom stereocenters. The first-order valence-electron chi connectivity index (χ1n) is 9.38. The molecule has 0 saturated carbocycles. The molecule has 0 unspecified atom stereocenters. The number of halogens is 1. The normalized spacial score (nSPS) is 11.1. The van der Waals surface area contributed by atoms with E-state index < -0.39 is 0 Å². The van der Waals surface area contributed by atoms with Gasteiger partial charge in [-0.15, -0.1) is 18.3 Å². The van der Waals surface area contributed by atoms with Crippen molar-refractivity contribution in [3.63, 3.8) is 0 Å². The van der Waals surface area contributed by atoms with Gasteiger partial charge in [0, 0.05) is 21.7 Å². The van der Waals surface area contributed by atoms with Gasteiger partial charge in [-0.05, 0) is 44.2 Å². The maximum absolute atomic E-state index is 12.9. The van der Waals surface area contributed by atoms with Crippen molar-refractivity contribution < 1.29 is 4.79 Å². The van der Waals surface area contributed by atoms with Crippen LogP contribution in [0.1, 0.15) is 19.9 Å². The molecule has 0 aliphatic rings. The SMILES string of the molecule is C=CCSc1ccccc1NC(=O)CSc1nc2cc(Cl)ccc2c(=O)n1C(C)C. The van der Waals surface area contributed by atoms with Crippen LogP contribution in [0.4, 0.5) is 5.69 Å². The van der Waals surface area contributed by atoms with Crippen LogP contribution in [0.3, 0.4) is 0 Å². The Bertz CT molecular complexity index is 1140. The molecule has 0 radical (unpaired) electrons. The zero-order chi connectivity index (χ0) is 21.7. The van der Waals surface area contributed by atoms with E-state index in [1.165, 1.54) is 11.8 Å². The Morgan fingerprint density at radius 2 is 2.03 bits per heavy atom. The summed E-state index contributed by atoms with van der Waals surface area (Å²) in [5.74, 6) is 0.722. The van der Waals surface area contributed by atoms with Crippen molar-refractivity contribution in [1.29, 1.82) is 0 Å². The Morgan fingerprint density at radius 1 is 1.27 bits per heavy atom. The lowest BCUT2D eigenvalue weighted by Crippen LogP contribution is -2.25. The summed E-state index contributed by atoms with van der Waals surface area (Å²) in [6.07, 6.45) is 1.82. The number of rotatable bonds is 8. The number of carbonyl (C=O) groups excluding carboxylic acids is 1. The number of hydrogen-bond donors (Lipinski definition) is 1. The van der Waals surface area contributed by atoms with Crippen LogP contribution in [0.2, 0.25) is 5.02 Å². The molecule has 0 spiro atoms. The summed E-state index contributed by atoms with van der Waals surface area (Å²) in [7, 11) is 0. The summed E-state index contributed by atoms with van der Waals surface area (Å²) >= 11 is 8.91. The van der Waals surface area contributed by atoms with E-state index in [1.54, 1.807) is 34.5 Å². The zero-order valence-electron chi connectivity index (χ0n) is 16.7. The van der Waals surface area contributed by atoms with Gasteiger partial charge in [0.05, 0.1) is 22.3 Å². The van der Waals surface area contributed by atoms with E-state index in [4.69, 9.17) is 11.6 Å². The smallest absolute Gasteiger partial charge is 0.262 e. The van der Waals surface area contributed by atoms with Gasteiger partial charge in [0.15, 0.2) is 5.16 Å². The fourth-order valence-corrected chi connectivity index (χ4v) is 4.71. The highest BCUT2D eigenvalue weighted by atomic mass is 35.5. The van der Waals surface area contributed by atoms with E-state index >= 15 is 0 Å². The first-order valence-corrected chi connectivity index (χ1v) is 11.7. The minimum atomic E-state index is -0.164. The molecule has 3 rings (SSSR count). The Kier molecular flexibility index (Phi) is 7.64. The van der Waals surface area contributed by atoms with E-state index in [0.717, 1.165) is 16.3 Å². The number of hydrogen-bond acceptors (Lipinski definition) is 5. The number of amides is 1. The Balaban J connectivity index is 1.82. The number of nitrogens with one attached hydrogen (secondary N) is 1. The van der Waals surface area contributed by atoms with Gasteiger partial charge in [0.2, 0.25) is 5.91 Å². The first-order chi connectivity index (χ1) is 14.4. The van der Waals surface area contributed by atoms with Crippen LogP contribution in [-0.4, -0.2) is 27.0 Å². The average molecular weight is 460 g/mol. The quantitative estimate of drug-likeness (QED) is 0.268. The van der Waals surface area contributed by atoms with E-state index in [0.29, 0.717) is 21.1 Å². The van der Waals surface area contributed by atoms with Gasteiger partial charge in [-0.1, -0.05) is 41.6 Å². The van der Waals surface area contributed by atoms with Gasteiger partial charge in [-0.3, -0.25) is 14.2 Å². The second-order valence-corrected chi connectivity index (χ2v) is 9.20. The molecule has 2 aromatic carbocycles. The molecule has 0 fully saturated rings. The van der Waals surface area contributed by atoms with Crippen molar-refractivity contribution >= 4 is 57.6 Å². The Labute approximate surface area is 188 Å². The molecule has 30 heavy (non-hydrogen) atoms. The number of benzene rings is 2. The number of nitrogens with zero attached hydrogens (tertiary/aromatic N) is 2. The maximum Gasteiger partial charge on any atom is 0.262 e. The first kappa shape index (κ1) is 22.5. The molecule has 1 N–H and O–H groups in total.